The molecule has 2 heterocycles. The van der Waals surface area contributed by atoms with E-state index in [9.17, 15) is 0 Å². The van der Waals surface area contributed by atoms with Crippen LogP contribution in [0.3, 0.4) is 0 Å². The number of hydrogen-bond donors (Lipinski definition) is 1. The van der Waals surface area contributed by atoms with E-state index in [1.54, 1.807) is 0 Å². The van der Waals surface area contributed by atoms with Crippen molar-refractivity contribution in [2.75, 3.05) is 39.4 Å². The molecule has 2 fully saturated rings. The predicted molar refractivity (Wildman–Crippen MR) is 57.1 cm³/mol. The Morgan fingerprint density at radius 2 is 1.86 bits per heavy atom. The molecule has 0 spiro atoms. The van der Waals surface area contributed by atoms with Crippen LogP contribution in [-0.2, 0) is 4.74 Å². The van der Waals surface area contributed by atoms with Crippen LogP contribution in [-0.4, -0.2) is 44.3 Å². The van der Waals surface area contributed by atoms with Crippen LogP contribution in [0.2, 0.25) is 0 Å². The van der Waals surface area contributed by atoms with Gasteiger partial charge in [0.05, 0.1) is 13.2 Å². The van der Waals surface area contributed by atoms with Crippen molar-refractivity contribution in [3.8, 4) is 0 Å². The van der Waals surface area contributed by atoms with Crippen LogP contribution in [0.1, 0.15) is 19.3 Å². The average Bonchev–Trinajstić information content (AvgIpc) is 2.16. The van der Waals surface area contributed by atoms with E-state index < -0.39 is 0 Å². The molecule has 0 aromatic carbocycles. The lowest BCUT2D eigenvalue weighted by atomic mass is 9.96. The molecule has 0 amide bonds. The number of ether oxygens (including phenoxy) is 1. The first-order chi connectivity index (χ1) is 6.88. The molecule has 3 nitrogen and oxygen atoms in total. The zero-order chi connectivity index (χ0) is 9.80. The third kappa shape index (κ3) is 2.69. The van der Waals surface area contributed by atoms with Crippen molar-refractivity contribution >= 4 is 0 Å². The van der Waals surface area contributed by atoms with Crippen LogP contribution in [0.25, 0.3) is 0 Å². The quantitative estimate of drug-likeness (QED) is 0.722. The summed E-state index contributed by atoms with van der Waals surface area (Å²) >= 11 is 0. The highest BCUT2D eigenvalue weighted by Gasteiger charge is 2.21. The van der Waals surface area contributed by atoms with Gasteiger partial charge in [-0.1, -0.05) is 0 Å². The van der Waals surface area contributed by atoms with Crippen LogP contribution in [0.5, 0.6) is 0 Å². The molecule has 2 saturated heterocycles. The molecule has 0 aromatic rings. The third-order valence-corrected chi connectivity index (χ3v) is 3.60. The maximum absolute atomic E-state index is 5.67. The first-order valence-electron chi connectivity index (χ1n) is 5.88. The summed E-state index contributed by atoms with van der Waals surface area (Å²) in [5, 5.41) is 0. The summed E-state index contributed by atoms with van der Waals surface area (Å²) in [5.74, 6) is 1.64. The van der Waals surface area contributed by atoms with Gasteiger partial charge >= 0.3 is 0 Å². The van der Waals surface area contributed by atoms with Crippen molar-refractivity contribution in [3.63, 3.8) is 0 Å². The highest BCUT2D eigenvalue weighted by molar-refractivity contribution is 4.74. The van der Waals surface area contributed by atoms with Gasteiger partial charge in [-0.05, 0) is 51.4 Å². The number of hydrogen-bond acceptors (Lipinski definition) is 3. The van der Waals surface area contributed by atoms with Crippen molar-refractivity contribution in [2.45, 2.75) is 19.3 Å². The Balaban J connectivity index is 1.58. The predicted octanol–water partition coefficient (Wildman–Crippen LogP) is 0.694. The van der Waals surface area contributed by atoms with Gasteiger partial charge in [-0.25, -0.2) is 0 Å². The van der Waals surface area contributed by atoms with E-state index in [0.29, 0.717) is 0 Å². The molecule has 82 valence electrons. The molecule has 14 heavy (non-hydrogen) atoms. The second-order valence-electron chi connectivity index (χ2n) is 4.71. The van der Waals surface area contributed by atoms with Gasteiger partial charge in [-0.2, -0.15) is 0 Å². The molecule has 0 aromatic heterocycles. The minimum absolute atomic E-state index is 0.790. The second kappa shape index (κ2) is 5.10. The summed E-state index contributed by atoms with van der Waals surface area (Å²) in [6.45, 7) is 6.67. The molecule has 0 atom stereocenters. The first kappa shape index (κ1) is 10.4. The Kier molecular flexibility index (Phi) is 3.79. The minimum atomic E-state index is 0.790. The van der Waals surface area contributed by atoms with E-state index in [1.165, 1.54) is 38.9 Å². The molecular weight excluding hydrogens is 176 g/mol. The maximum Gasteiger partial charge on any atom is 0.0516 e. The van der Waals surface area contributed by atoms with Crippen molar-refractivity contribution in [1.82, 2.24) is 4.90 Å². The maximum atomic E-state index is 5.67. The zero-order valence-electron chi connectivity index (χ0n) is 8.95. The standard InChI is InChI=1S/C11H22N2O/c12-7-10-1-4-13(5-2-10)6-3-11-8-14-9-11/h10-11H,1-9,12H2. The molecule has 2 aliphatic heterocycles. The van der Waals surface area contributed by atoms with E-state index in [0.717, 1.165) is 31.6 Å². The average molecular weight is 198 g/mol. The normalized spacial score (nSPS) is 26.4. The Morgan fingerprint density at radius 3 is 2.36 bits per heavy atom. The van der Waals surface area contributed by atoms with Crippen LogP contribution in [0, 0.1) is 11.8 Å². The molecule has 0 aliphatic carbocycles. The summed E-state index contributed by atoms with van der Waals surface area (Å²) in [6, 6.07) is 0. The lowest BCUT2D eigenvalue weighted by Gasteiger charge is -2.33. The van der Waals surface area contributed by atoms with Crippen molar-refractivity contribution in [2.24, 2.45) is 17.6 Å². The van der Waals surface area contributed by atoms with E-state index in [1.807, 2.05) is 0 Å². The number of rotatable bonds is 4. The van der Waals surface area contributed by atoms with E-state index in [4.69, 9.17) is 10.5 Å². The van der Waals surface area contributed by atoms with Crippen molar-refractivity contribution < 1.29 is 4.74 Å². The molecule has 0 unspecified atom stereocenters. The lowest BCUT2D eigenvalue weighted by Crippen LogP contribution is -2.39. The van der Waals surface area contributed by atoms with E-state index in [-0.39, 0.29) is 0 Å². The van der Waals surface area contributed by atoms with Crippen molar-refractivity contribution in [1.29, 1.82) is 0 Å². The molecular formula is C11H22N2O. The molecule has 2 N–H and O–H groups in total. The first-order valence-corrected chi connectivity index (χ1v) is 5.88. The molecule has 0 radical (unpaired) electrons. The number of piperidine rings is 1. The zero-order valence-corrected chi connectivity index (χ0v) is 8.95. The Labute approximate surface area is 86.6 Å². The van der Waals surface area contributed by atoms with Crippen LogP contribution < -0.4 is 5.73 Å². The Hall–Kier alpha value is -0.120. The monoisotopic (exact) mass is 198 g/mol. The van der Waals surface area contributed by atoms with Gasteiger partial charge in [0.25, 0.3) is 0 Å². The summed E-state index contributed by atoms with van der Waals surface area (Å²) in [7, 11) is 0. The van der Waals surface area contributed by atoms with Gasteiger partial charge in [0, 0.05) is 5.92 Å². The van der Waals surface area contributed by atoms with Gasteiger partial charge < -0.3 is 15.4 Å². The fourth-order valence-electron chi connectivity index (χ4n) is 2.26. The molecule has 2 aliphatic rings. The van der Waals surface area contributed by atoms with E-state index >= 15 is 0 Å². The van der Waals surface area contributed by atoms with Gasteiger partial charge in [-0.15, -0.1) is 0 Å². The topological polar surface area (TPSA) is 38.5 Å². The second-order valence-corrected chi connectivity index (χ2v) is 4.71. The van der Waals surface area contributed by atoms with Gasteiger partial charge in [0.1, 0.15) is 0 Å². The highest BCUT2D eigenvalue weighted by atomic mass is 16.5. The summed E-state index contributed by atoms with van der Waals surface area (Å²) in [4.78, 5) is 2.59. The number of likely N-dealkylation sites (tertiary alicyclic amines) is 1. The van der Waals surface area contributed by atoms with Crippen LogP contribution in [0.15, 0.2) is 0 Å². The molecule has 2 rings (SSSR count). The van der Waals surface area contributed by atoms with E-state index in [2.05, 4.69) is 4.90 Å². The molecule has 0 bridgehead atoms. The van der Waals surface area contributed by atoms with Gasteiger partial charge in [0.2, 0.25) is 0 Å². The van der Waals surface area contributed by atoms with Gasteiger partial charge in [0.15, 0.2) is 0 Å². The molecule has 0 saturated carbocycles. The summed E-state index contributed by atoms with van der Waals surface area (Å²) < 4.78 is 5.17. The van der Waals surface area contributed by atoms with Gasteiger partial charge in [-0.3, -0.25) is 0 Å². The number of nitrogens with zero attached hydrogens (tertiary/aromatic N) is 1. The highest BCUT2D eigenvalue weighted by Crippen LogP contribution is 2.19. The largest absolute Gasteiger partial charge is 0.381 e. The Bertz CT molecular complexity index is 163. The SMILES string of the molecule is NCC1CCN(CCC2COC2)CC1. The number of nitrogens with two attached hydrogens (primary N) is 1. The van der Waals surface area contributed by atoms with Crippen LogP contribution in [0.4, 0.5) is 0 Å². The summed E-state index contributed by atoms with van der Waals surface area (Å²) in [6.07, 6.45) is 3.93. The third-order valence-electron chi connectivity index (χ3n) is 3.60. The fourth-order valence-corrected chi connectivity index (χ4v) is 2.26. The van der Waals surface area contributed by atoms with Crippen molar-refractivity contribution in [3.05, 3.63) is 0 Å². The fraction of sp³-hybridized carbons (Fsp3) is 1.00. The molecule has 3 heteroatoms. The lowest BCUT2D eigenvalue weighted by molar-refractivity contribution is -0.0398. The summed E-state index contributed by atoms with van der Waals surface area (Å²) in [5.41, 5.74) is 5.67. The van der Waals surface area contributed by atoms with Crippen LogP contribution >= 0.6 is 0 Å². The smallest absolute Gasteiger partial charge is 0.0516 e. The minimum Gasteiger partial charge on any atom is -0.381 e. The Morgan fingerprint density at radius 1 is 1.14 bits per heavy atom.